The summed E-state index contributed by atoms with van der Waals surface area (Å²) in [6.07, 6.45) is 2.99. The molecule has 244 valence electrons. The number of aryl methyl sites for hydroxylation is 1. The molecule has 10 nitrogen and oxygen atoms in total. The highest BCUT2D eigenvalue weighted by molar-refractivity contribution is 7.90. The van der Waals surface area contributed by atoms with Crippen LogP contribution in [0.25, 0.3) is 44.2 Å². The van der Waals surface area contributed by atoms with E-state index in [2.05, 4.69) is 16.0 Å². The van der Waals surface area contributed by atoms with E-state index in [1.807, 2.05) is 69.4 Å². The van der Waals surface area contributed by atoms with E-state index < -0.39 is 15.6 Å². The number of benzene rings is 3. The van der Waals surface area contributed by atoms with Gasteiger partial charge in [-0.1, -0.05) is 42.0 Å². The highest BCUT2D eigenvalue weighted by Gasteiger charge is 2.29. The number of likely N-dealkylation sites (N-methyl/N-ethyl adjacent to an activating group) is 1. The zero-order valence-electron chi connectivity index (χ0n) is 26.9. The van der Waals surface area contributed by atoms with Crippen LogP contribution in [0.5, 0.6) is 5.75 Å². The third-order valence-electron chi connectivity index (χ3n) is 9.09. The van der Waals surface area contributed by atoms with Gasteiger partial charge in [0.05, 0.1) is 22.1 Å². The predicted molar refractivity (Wildman–Crippen MR) is 187 cm³/mol. The van der Waals surface area contributed by atoms with Gasteiger partial charge in [-0.05, 0) is 73.5 Å². The van der Waals surface area contributed by atoms with Crippen molar-refractivity contribution in [2.75, 3.05) is 33.3 Å². The largest absolute Gasteiger partial charge is 0.492 e. The van der Waals surface area contributed by atoms with Gasteiger partial charge in [0.25, 0.3) is 15.6 Å². The number of fused-ring (bicyclic) bond motifs is 2. The average molecular weight is 662 g/mol. The minimum absolute atomic E-state index is 0.0433. The molecule has 7 rings (SSSR count). The van der Waals surface area contributed by atoms with E-state index in [-0.39, 0.29) is 22.4 Å². The number of pyridine rings is 2. The Kier molecular flexibility index (Phi) is 8.10. The average Bonchev–Trinajstić information content (AvgIpc) is 3.56. The van der Waals surface area contributed by atoms with Crippen LogP contribution in [0, 0.1) is 6.92 Å². The molecular weight excluding hydrogens is 627 g/mol. The van der Waals surface area contributed by atoms with Crippen LogP contribution in [-0.2, 0) is 14.8 Å². The van der Waals surface area contributed by atoms with Crippen molar-refractivity contribution in [3.63, 3.8) is 0 Å². The van der Waals surface area contributed by atoms with Crippen LogP contribution in [0.1, 0.15) is 12.5 Å². The second-order valence-electron chi connectivity index (χ2n) is 12.2. The van der Waals surface area contributed by atoms with Crippen molar-refractivity contribution in [3.8, 4) is 28.1 Å². The lowest BCUT2D eigenvalue weighted by Gasteiger charge is -2.37. The number of aromatic nitrogens is 3. The standard InChI is InChI=1S/C37H35N5O5S/c1-24-4-12-30(13-5-24)48(45,46)42-17-16-31-32(23-38-36(43)35(31)42)34-15-9-28-22-27(8-14-33(28)39-34)26-6-10-29(11-7-26)47-21-20-41-19-18-40(3)37(44)25(41)2/h4-17,22-23,25H,18-21H2,1-3H3,(H,38,43)/t25-/m1/s1. The van der Waals surface area contributed by atoms with Gasteiger partial charge in [0.2, 0.25) is 5.91 Å². The van der Waals surface area contributed by atoms with Crippen molar-refractivity contribution in [2.45, 2.75) is 24.8 Å². The van der Waals surface area contributed by atoms with Crippen LogP contribution in [0.4, 0.5) is 0 Å². The molecule has 3 aromatic heterocycles. The van der Waals surface area contributed by atoms with E-state index in [1.165, 1.54) is 18.3 Å². The summed E-state index contributed by atoms with van der Waals surface area (Å²) >= 11 is 0. The van der Waals surface area contributed by atoms with Gasteiger partial charge in [-0.2, -0.15) is 0 Å². The van der Waals surface area contributed by atoms with Crippen LogP contribution in [0.15, 0.2) is 107 Å². The molecule has 6 aromatic rings. The fraction of sp³-hybridized carbons (Fsp3) is 0.216. The van der Waals surface area contributed by atoms with Gasteiger partial charge in [0.15, 0.2) is 0 Å². The number of amides is 1. The molecule has 1 atom stereocenters. The Bertz CT molecular complexity index is 2330. The van der Waals surface area contributed by atoms with E-state index in [0.29, 0.717) is 29.8 Å². The highest BCUT2D eigenvalue weighted by atomic mass is 32.2. The van der Waals surface area contributed by atoms with Gasteiger partial charge in [0, 0.05) is 55.4 Å². The van der Waals surface area contributed by atoms with Gasteiger partial charge >= 0.3 is 0 Å². The first-order valence-electron chi connectivity index (χ1n) is 15.8. The van der Waals surface area contributed by atoms with Crippen molar-refractivity contribution in [2.24, 2.45) is 0 Å². The second kappa shape index (κ2) is 12.4. The van der Waals surface area contributed by atoms with Crippen LogP contribution >= 0.6 is 0 Å². The Morgan fingerprint density at radius 2 is 1.67 bits per heavy atom. The van der Waals surface area contributed by atoms with Crippen LogP contribution in [0.3, 0.4) is 0 Å². The molecule has 0 unspecified atom stereocenters. The Balaban J connectivity index is 1.10. The number of ether oxygens (including phenoxy) is 1. The first-order chi connectivity index (χ1) is 23.1. The second-order valence-corrected chi connectivity index (χ2v) is 14.0. The highest BCUT2D eigenvalue weighted by Crippen LogP contribution is 2.31. The molecule has 11 heteroatoms. The van der Waals surface area contributed by atoms with Crippen molar-refractivity contribution in [1.29, 1.82) is 0 Å². The Hall–Kier alpha value is -5.26. The number of aromatic amines is 1. The Morgan fingerprint density at radius 1 is 0.917 bits per heavy atom. The van der Waals surface area contributed by atoms with E-state index in [9.17, 15) is 18.0 Å². The molecule has 1 aliphatic heterocycles. The number of H-pyrrole nitrogens is 1. The molecule has 48 heavy (non-hydrogen) atoms. The van der Waals surface area contributed by atoms with Crippen molar-refractivity contribution >= 4 is 37.7 Å². The summed E-state index contributed by atoms with van der Waals surface area (Å²) < 4.78 is 34.0. The maximum absolute atomic E-state index is 13.5. The monoisotopic (exact) mass is 661 g/mol. The molecule has 0 spiro atoms. The molecule has 1 N–H and O–H groups in total. The van der Waals surface area contributed by atoms with E-state index >= 15 is 0 Å². The lowest BCUT2D eigenvalue weighted by molar-refractivity contribution is -0.139. The Morgan fingerprint density at radius 3 is 2.44 bits per heavy atom. The summed E-state index contributed by atoms with van der Waals surface area (Å²) in [6, 6.07) is 25.9. The minimum atomic E-state index is -3.99. The van der Waals surface area contributed by atoms with Crippen molar-refractivity contribution < 1.29 is 17.9 Å². The zero-order valence-corrected chi connectivity index (χ0v) is 27.7. The molecule has 0 bridgehead atoms. The van der Waals surface area contributed by atoms with E-state index in [1.54, 1.807) is 29.3 Å². The quantitative estimate of drug-likeness (QED) is 0.235. The zero-order chi connectivity index (χ0) is 33.6. The number of piperazine rings is 1. The molecule has 1 fully saturated rings. The molecule has 1 saturated heterocycles. The molecule has 0 aliphatic carbocycles. The number of rotatable bonds is 8. The smallest absolute Gasteiger partial charge is 0.273 e. The predicted octanol–water partition coefficient (Wildman–Crippen LogP) is 5.30. The summed E-state index contributed by atoms with van der Waals surface area (Å²) in [5, 5.41) is 1.43. The summed E-state index contributed by atoms with van der Waals surface area (Å²) in [7, 11) is -2.15. The van der Waals surface area contributed by atoms with Crippen molar-refractivity contribution in [1.82, 2.24) is 23.7 Å². The molecule has 1 amide bonds. The number of nitrogens with one attached hydrogen (secondary N) is 1. The van der Waals surface area contributed by atoms with Crippen molar-refractivity contribution in [3.05, 3.63) is 113 Å². The number of carbonyl (C=O) groups is 1. The molecular formula is C37H35N5O5S. The van der Waals surface area contributed by atoms with Crippen LogP contribution < -0.4 is 10.3 Å². The van der Waals surface area contributed by atoms with Gasteiger partial charge < -0.3 is 14.6 Å². The van der Waals surface area contributed by atoms with Gasteiger partial charge in [0.1, 0.15) is 17.9 Å². The minimum Gasteiger partial charge on any atom is -0.492 e. The molecule has 1 aliphatic rings. The fourth-order valence-corrected chi connectivity index (χ4v) is 7.57. The number of hydrogen-bond donors (Lipinski definition) is 1. The summed E-state index contributed by atoms with van der Waals surface area (Å²) in [5.41, 5.74) is 4.53. The van der Waals surface area contributed by atoms with Crippen LogP contribution in [0.2, 0.25) is 0 Å². The summed E-state index contributed by atoms with van der Waals surface area (Å²) in [5.74, 6) is 0.912. The summed E-state index contributed by atoms with van der Waals surface area (Å²) in [6.45, 7) is 6.58. The number of hydrogen-bond acceptors (Lipinski definition) is 7. The Labute approximate surface area is 278 Å². The lowest BCUT2D eigenvalue weighted by Crippen LogP contribution is -2.55. The van der Waals surface area contributed by atoms with Gasteiger partial charge in [-0.15, -0.1) is 0 Å². The topological polar surface area (TPSA) is 118 Å². The first kappa shape index (κ1) is 31.3. The molecule has 3 aromatic carbocycles. The van der Waals surface area contributed by atoms with E-state index in [4.69, 9.17) is 9.72 Å². The normalized spacial score (nSPS) is 15.8. The number of carbonyl (C=O) groups excluding carboxylic acids is 1. The third-order valence-corrected chi connectivity index (χ3v) is 10.8. The maximum Gasteiger partial charge on any atom is 0.273 e. The van der Waals surface area contributed by atoms with Gasteiger partial charge in [-0.25, -0.2) is 17.4 Å². The van der Waals surface area contributed by atoms with Crippen LogP contribution in [-0.4, -0.2) is 77.4 Å². The van der Waals surface area contributed by atoms with E-state index in [0.717, 1.165) is 50.4 Å². The number of nitrogens with zero attached hydrogens (tertiary/aromatic N) is 4. The third kappa shape index (κ3) is 5.75. The maximum atomic E-state index is 13.5. The fourth-order valence-electron chi connectivity index (χ4n) is 6.22. The molecule has 4 heterocycles. The lowest BCUT2D eigenvalue weighted by atomic mass is 10.0. The molecule has 0 radical (unpaired) electrons. The first-order valence-corrected chi connectivity index (χ1v) is 17.2. The SMILES string of the molecule is Cc1ccc(S(=O)(=O)n2ccc3c(-c4ccc5cc(-c6ccc(OCCN7CCN(C)C(=O)[C@H]7C)cc6)ccc5n4)c[nH]c(=O)c32)cc1. The summed E-state index contributed by atoms with van der Waals surface area (Å²) in [4.78, 5) is 36.8. The molecule has 0 saturated carbocycles. The van der Waals surface area contributed by atoms with Gasteiger partial charge in [-0.3, -0.25) is 14.5 Å².